The fraction of sp³-hybridized carbons (Fsp3) is 0.231. The van der Waals surface area contributed by atoms with Crippen LogP contribution in [0.15, 0.2) is 40.6 Å². The second kappa shape index (κ2) is 5.42. The van der Waals surface area contributed by atoms with E-state index in [1.807, 2.05) is 24.4 Å². The van der Waals surface area contributed by atoms with Crippen molar-refractivity contribution in [3.63, 3.8) is 0 Å². The molecule has 6 heteroatoms. The summed E-state index contributed by atoms with van der Waals surface area (Å²) in [5.74, 6) is 5.63. The maximum Gasteiger partial charge on any atom is 0.175 e. The zero-order valence-electron chi connectivity index (χ0n) is 10.8. The van der Waals surface area contributed by atoms with E-state index in [1.165, 1.54) is 6.26 Å². The lowest BCUT2D eigenvalue weighted by molar-refractivity contribution is 0.600. The molecule has 0 aliphatic rings. The Kier molecular flexibility index (Phi) is 4.05. The van der Waals surface area contributed by atoms with Crippen LogP contribution in [0.5, 0.6) is 0 Å². The van der Waals surface area contributed by atoms with E-state index in [0.29, 0.717) is 4.90 Å². The van der Waals surface area contributed by atoms with Gasteiger partial charge in [0.2, 0.25) is 0 Å². The second-order valence-electron chi connectivity index (χ2n) is 4.41. The summed E-state index contributed by atoms with van der Waals surface area (Å²) in [7, 11) is -3.21. The van der Waals surface area contributed by atoms with E-state index in [0.717, 1.165) is 16.0 Å². The van der Waals surface area contributed by atoms with Gasteiger partial charge in [-0.05, 0) is 41.6 Å². The molecule has 2 rings (SSSR count). The quantitative estimate of drug-likeness (QED) is 0.669. The first-order chi connectivity index (χ1) is 8.93. The molecular formula is C13H16N2O2S2. The molecule has 102 valence electrons. The molecule has 0 saturated heterocycles. The van der Waals surface area contributed by atoms with E-state index < -0.39 is 9.84 Å². The molecule has 1 heterocycles. The number of hydrogen-bond acceptors (Lipinski definition) is 5. The second-order valence-corrected chi connectivity index (χ2v) is 7.38. The smallest absolute Gasteiger partial charge is 0.175 e. The average Bonchev–Trinajstić information content (AvgIpc) is 2.76. The molecule has 0 aliphatic heterocycles. The molecule has 0 saturated carbocycles. The minimum atomic E-state index is -3.21. The average molecular weight is 296 g/mol. The monoisotopic (exact) mass is 296 g/mol. The third-order valence-electron chi connectivity index (χ3n) is 2.95. The van der Waals surface area contributed by atoms with Gasteiger partial charge in [-0.15, -0.1) is 11.3 Å². The Balaban J connectivity index is 2.48. The summed E-state index contributed by atoms with van der Waals surface area (Å²) < 4.78 is 23.2. The van der Waals surface area contributed by atoms with Crippen molar-refractivity contribution >= 4 is 21.2 Å². The predicted molar refractivity (Wildman–Crippen MR) is 77.8 cm³/mol. The third kappa shape index (κ3) is 3.03. The first-order valence-electron chi connectivity index (χ1n) is 5.73. The highest BCUT2D eigenvalue weighted by Gasteiger charge is 2.17. The summed E-state index contributed by atoms with van der Waals surface area (Å²) in [6.07, 6.45) is 1.20. The van der Waals surface area contributed by atoms with Gasteiger partial charge >= 0.3 is 0 Å². The number of nitrogens with two attached hydrogens (primary N) is 1. The van der Waals surface area contributed by atoms with Gasteiger partial charge < -0.3 is 0 Å². The summed E-state index contributed by atoms with van der Waals surface area (Å²) >= 11 is 1.60. The van der Waals surface area contributed by atoms with Crippen LogP contribution in [0, 0.1) is 6.92 Å². The Hall–Kier alpha value is -1.21. The van der Waals surface area contributed by atoms with Crippen LogP contribution in [0.25, 0.3) is 0 Å². The van der Waals surface area contributed by atoms with Gasteiger partial charge in [0.05, 0.1) is 10.9 Å². The summed E-state index contributed by atoms with van der Waals surface area (Å²) in [4.78, 5) is 1.40. The van der Waals surface area contributed by atoms with Crippen LogP contribution in [-0.2, 0) is 9.84 Å². The summed E-state index contributed by atoms with van der Waals surface area (Å²) in [6.45, 7) is 2.01. The van der Waals surface area contributed by atoms with Gasteiger partial charge in [-0.1, -0.05) is 12.1 Å². The van der Waals surface area contributed by atoms with Crippen LogP contribution in [0.3, 0.4) is 0 Å². The van der Waals surface area contributed by atoms with E-state index >= 15 is 0 Å². The number of benzene rings is 1. The van der Waals surface area contributed by atoms with Gasteiger partial charge in [0.1, 0.15) is 0 Å². The number of hydrazine groups is 1. The fourth-order valence-electron chi connectivity index (χ4n) is 1.93. The van der Waals surface area contributed by atoms with Gasteiger partial charge in [-0.3, -0.25) is 5.84 Å². The molecular weight excluding hydrogens is 280 g/mol. The number of sulfone groups is 1. The highest BCUT2D eigenvalue weighted by molar-refractivity contribution is 7.90. The van der Waals surface area contributed by atoms with Gasteiger partial charge in [-0.25, -0.2) is 13.8 Å². The maximum absolute atomic E-state index is 11.6. The van der Waals surface area contributed by atoms with E-state index in [-0.39, 0.29) is 6.04 Å². The minimum absolute atomic E-state index is 0.193. The van der Waals surface area contributed by atoms with Crippen molar-refractivity contribution in [2.75, 3.05) is 6.26 Å². The topological polar surface area (TPSA) is 72.2 Å². The van der Waals surface area contributed by atoms with Crippen LogP contribution in [0.4, 0.5) is 0 Å². The Labute approximate surface area is 117 Å². The van der Waals surface area contributed by atoms with Gasteiger partial charge in [0, 0.05) is 11.1 Å². The fourth-order valence-corrected chi connectivity index (χ4v) is 3.62. The highest BCUT2D eigenvalue weighted by Crippen LogP contribution is 2.29. The molecule has 0 amide bonds. The third-order valence-corrected chi connectivity index (χ3v) is 5.14. The predicted octanol–water partition coefficient (Wildman–Crippen LogP) is 2.01. The van der Waals surface area contributed by atoms with E-state index in [1.54, 1.807) is 29.5 Å². The minimum Gasteiger partial charge on any atom is -0.271 e. The van der Waals surface area contributed by atoms with Crippen molar-refractivity contribution < 1.29 is 8.42 Å². The number of thiophene rings is 1. The molecule has 1 unspecified atom stereocenters. The first-order valence-corrected chi connectivity index (χ1v) is 8.50. The molecule has 0 radical (unpaired) electrons. The van der Waals surface area contributed by atoms with Crippen molar-refractivity contribution in [3.8, 4) is 0 Å². The van der Waals surface area contributed by atoms with Crippen LogP contribution in [0.1, 0.15) is 22.0 Å². The van der Waals surface area contributed by atoms with Gasteiger partial charge in [0.25, 0.3) is 0 Å². The van der Waals surface area contributed by atoms with Gasteiger partial charge in [-0.2, -0.15) is 0 Å². The SMILES string of the molecule is Cc1ccsc1C(NN)c1cccc(S(C)(=O)=O)c1. The molecule has 1 aromatic carbocycles. The molecule has 0 fully saturated rings. The zero-order valence-corrected chi connectivity index (χ0v) is 12.4. The molecule has 0 aliphatic carbocycles. The summed E-state index contributed by atoms with van der Waals surface area (Å²) in [6, 6.07) is 8.69. The maximum atomic E-state index is 11.6. The van der Waals surface area contributed by atoms with Crippen LogP contribution in [-0.4, -0.2) is 14.7 Å². The van der Waals surface area contributed by atoms with Crippen molar-refractivity contribution in [1.29, 1.82) is 0 Å². The van der Waals surface area contributed by atoms with Crippen molar-refractivity contribution in [2.24, 2.45) is 5.84 Å². The summed E-state index contributed by atoms with van der Waals surface area (Å²) in [5, 5.41) is 2.00. The highest BCUT2D eigenvalue weighted by atomic mass is 32.2. The lowest BCUT2D eigenvalue weighted by Gasteiger charge is -2.16. The number of aryl methyl sites for hydroxylation is 1. The lowest BCUT2D eigenvalue weighted by Crippen LogP contribution is -2.28. The Morgan fingerprint density at radius 2 is 2.05 bits per heavy atom. The van der Waals surface area contributed by atoms with E-state index in [9.17, 15) is 8.42 Å². The molecule has 4 nitrogen and oxygen atoms in total. The zero-order chi connectivity index (χ0) is 14.0. The Bertz CT molecular complexity index is 677. The Morgan fingerprint density at radius 1 is 1.32 bits per heavy atom. The number of nitrogens with one attached hydrogen (secondary N) is 1. The normalized spacial score (nSPS) is 13.4. The standard InChI is InChI=1S/C13H16N2O2S2/c1-9-6-7-18-13(9)12(15-14)10-4-3-5-11(8-10)19(2,16)17/h3-8,12,15H,14H2,1-2H3. The molecule has 0 bridgehead atoms. The van der Waals surface area contributed by atoms with E-state index in [2.05, 4.69) is 5.43 Å². The first kappa shape index (κ1) is 14.2. The molecule has 2 aromatic rings. The molecule has 0 spiro atoms. The molecule has 1 atom stereocenters. The van der Waals surface area contributed by atoms with E-state index in [4.69, 9.17) is 5.84 Å². The van der Waals surface area contributed by atoms with Crippen LogP contribution >= 0.6 is 11.3 Å². The van der Waals surface area contributed by atoms with Crippen molar-refractivity contribution in [1.82, 2.24) is 5.43 Å². The molecule has 3 N–H and O–H groups in total. The van der Waals surface area contributed by atoms with Crippen molar-refractivity contribution in [3.05, 3.63) is 51.7 Å². The van der Waals surface area contributed by atoms with Crippen LogP contribution < -0.4 is 11.3 Å². The number of hydrogen-bond donors (Lipinski definition) is 2. The number of rotatable bonds is 4. The van der Waals surface area contributed by atoms with Crippen LogP contribution in [0.2, 0.25) is 0 Å². The van der Waals surface area contributed by atoms with Gasteiger partial charge in [0.15, 0.2) is 9.84 Å². The molecule has 1 aromatic heterocycles. The summed E-state index contributed by atoms with van der Waals surface area (Å²) in [5.41, 5.74) is 4.74. The Morgan fingerprint density at radius 3 is 2.58 bits per heavy atom. The largest absolute Gasteiger partial charge is 0.271 e. The molecule has 19 heavy (non-hydrogen) atoms. The lowest BCUT2D eigenvalue weighted by atomic mass is 10.0. The van der Waals surface area contributed by atoms with Crippen molar-refractivity contribution in [2.45, 2.75) is 17.9 Å².